The summed E-state index contributed by atoms with van der Waals surface area (Å²) in [6, 6.07) is 0. The van der Waals surface area contributed by atoms with Crippen LogP contribution < -0.4 is 0 Å². The van der Waals surface area contributed by atoms with Gasteiger partial charge in [0, 0.05) is 11.3 Å². The average molecular weight is 205 g/mol. The molecule has 1 aliphatic carbocycles. The molecule has 0 aromatic carbocycles. The Hall–Kier alpha value is -0.0800. The highest BCUT2D eigenvalue weighted by Gasteiger charge is 2.55. The molecule has 0 bridgehead atoms. The number of carbonyl (C=O) groups is 1. The fourth-order valence-electron chi connectivity index (χ4n) is 1.58. The summed E-state index contributed by atoms with van der Waals surface area (Å²) in [5.74, 6) is 0.115. The van der Waals surface area contributed by atoms with Crippen LogP contribution in [-0.2, 0) is 9.53 Å². The number of ether oxygens (including phenoxy) is 1. The van der Waals surface area contributed by atoms with E-state index in [1.165, 1.54) is 0 Å². The molecular formula is C10H17ClO2. The molecule has 2 unspecified atom stereocenters. The molecule has 1 saturated carbocycles. The molecule has 0 saturated heterocycles. The van der Waals surface area contributed by atoms with Crippen LogP contribution in [0.2, 0.25) is 0 Å². The van der Waals surface area contributed by atoms with Crippen LogP contribution in [0.15, 0.2) is 0 Å². The predicted octanol–water partition coefficient (Wildman–Crippen LogP) is 2.24. The van der Waals surface area contributed by atoms with E-state index in [9.17, 15) is 4.79 Å². The van der Waals surface area contributed by atoms with Gasteiger partial charge >= 0.3 is 0 Å². The van der Waals surface area contributed by atoms with E-state index in [2.05, 4.69) is 0 Å². The Morgan fingerprint density at radius 2 is 2.08 bits per heavy atom. The fourth-order valence-corrected chi connectivity index (χ4v) is 1.88. The Bertz CT molecular complexity index is 211. The van der Waals surface area contributed by atoms with Gasteiger partial charge in [-0.05, 0) is 13.8 Å². The summed E-state index contributed by atoms with van der Waals surface area (Å²) in [6.07, 6.45) is 0.179. The van der Waals surface area contributed by atoms with E-state index in [4.69, 9.17) is 16.3 Å². The Balaban J connectivity index is 2.48. The van der Waals surface area contributed by atoms with Crippen LogP contribution in [0, 0.1) is 11.3 Å². The molecule has 2 atom stereocenters. The van der Waals surface area contributed by atoms with Gasteiger partial charge in [-0.15, -0.1) is 11.6 Å². The second-order valence-corrected chi connectivity index (χ2v) is 4.96. The van der Waals surface area contributed by atoms with Gasteiger partial charge in [0.2, 0.25) is 0 Å². The molecule has 1 aliphatic rings. The van der Waals surface area contributed by atoms with Gasteiger partial charge in [-0.2, -0.15) is 0 Å². The van der Waals surface area contributed by atoms with Gasteiger partial charge in [-0.25, -0.2) is 0 Å². The quantitative estimate of drug-likeness (QED) is 0.660. The zero-order valence-corrected chi connectivity index (χ0v) is 9.39. The number of carbonyl (C=O) groups excluding carboxylic acids is 1. The van der Waals surface area contributed by atoms with Crippen LogP contribution in [-0.4, -0.2) is 23.9 Å². The number of hydrogen-bond donors (Lipinski definition) is 0. The Morgan fingerprint density at radius 1 is 1.54 bits per heavy atom. The number of halogens is 1. The zero-order valence-electron chi connectivity index (χ0n) is 8.63. The molecular weight excluding hydrogens is 188 g/mol. The summed E-state index contributed by atoms with van der Waals surface area (Å²) >= 11 is 5.90. The van der Waals surface area contributed by atoms with Crippen molar-refractivity contribution >= 4 is 17.4 Å². The van der Waals surface area contributed by atoms with Crippen molar-refractivity contribution < 1.29 is 9.53 Å². The van der Waals surface area contributed by atoms with Gasteiger partial charge < -0.3 is 4.74 Å². The minimum absolute atomic E-state index is 0.0163. The van der Waals surface area contributed by atoms with Gasteiger partial charge in [0.1, 0.15) is 0 Å². The van der Waals surface area contributed by atoms with Crippen LogP contribution >= 0.6 is 11.6 Å². The summed E-state index contributed by atoms with van der Waals surface area (Å²) in [4.78, 5) is 11.4. The van der Waals surface area contributed by atoms with E-state index in [1.807, 2.05) is 27.7 Å². The lowest BCUT2D eigenvalue weighted by atomic mass is 9.61. The van der Waals surface area contributed by atoms with Crippen molar-refractivity contribution in [3.05, 3.63) is 0 Å². The molecule has 0 heterocycles. The van der Waals surface area contributed by atoms with Gasteiger partial charge in [0.25, 0.3) is 0 Å². The third kappa shape index (κ3) is 1.89. The normalized spacial score (nSPS) is 32.0. The van der Waals surface area contributed by atoms with Gasteiger partial charge in [-0.3, -0.25) is 4.79 Å². The second-order valence-electron chi connectivity index (χ2n) is 4.52. The van der Waals surface area contributed by atoms with Crippen LogP contribution in [0.25, 0.3) is 0 Å². The summed E-state index contributed by atoms with van der Waals surface area (Å²) in [7, 11) is 0. The lowest BCUT2D eigenvalue weighted by Crippen LogP contribution is -2.57. The van der Waals surface area contributed by atoms with Crippen LogP contribution in [0.3, 0.4) is 0 Å². The summed E-state index contributed by atoms with van der Waals surface area (Å²) in [6.45, 7) is 8.47. The number of Topliss-reactive ketones (excluding diaryl/α,β-unsaturated/α-hetero) is 1. The summed E-state index contributed by atoms with van der Waals surface area (Å²) in [5, 5.41) is -0.326. The van der Waals surface area contributed by atoms with Crippen molar-refractivity contribution in [3.63, 3.8) is 0 Å². The van der Waals surface area contributed by atoms with E-state index in [1.54, 1.807) is 0 Å². The van der Waals surface area contributed by atoms with Crippen molar-refractivity contribution in [2.24, 2.45) is 11.3 Å². The third-order valence-electron chi connectivity index (χ3n) is 2.74. The molecule has 0 aromatic heterocycles. The molecule has 0 amide bonds. The SMILES string of the molecule is CC(C)OCC1C(=O)C(Cl)C1(C)C. The summed E-state index contributed by atoms with van der Waals surface area (Å²) < 4.78 is 5.42. The van der Waals surface area contributed by atoms with Crippen molar-refractivity contribution in [2.45, 2.75) is 39.2 Å². The molecule has 76 valence electrons. The molecule has 0 N–H and O–H groups in total. The van der Waals surface area contributed by atoms with E-state index in [-0.39, 0.29) is 28.6 Å². The first kappa shape index (κ1) is 11.0. The highest BCUT2D eigenvalue weighted by Crippen LogP contribution is 2.46. The zero-order chi connectivity index (χ0) is 10.2. The van der Waals surface area contributed by atoms with Crippen molar-refractivity contribution in [1.29, 1.82) is 0 Å². The molecule has 0 radical (unpaired) electrons. The first-order chi connectivity index (χ1) is 5.87. The maximum absolute atomic E-state index is 11.4. The average Bonchev–Trinajstić information content (AvgIpc) is 2.02. The van der Waals surface area contributed by atoms with Gasteiger partial charge in [0.05, 0.1) is 18.1 Å². The molecule has 13 heavy (non-hydrogen) atoms. The van der Waals surface area contributed by atoms with Gasteiger partial charge in [0.15, 0.2) is 5.78 Å². The predicted molar refractivity (Wildman–Crippen MR) is 53.0 cm³/mol. The first-order valence-electron chi connectivity index (χ1n) is 4.66. The molecule has 1 rings (SSSR count). The van der Waals surface area contributed by atoms with E-state index in [0.29, 0.717) is 6.61 Å². The Morgan fingerprint density at radius 3 is 2.46 bits per heavy atom. The van der Waals surface area contributed by atoms with Crippen molar-refractivity contribution in [3.8, 4) is 0 Å². The van der Waals surface area contributed by atoms with Crippen LogP contribution in [0.1, 0.15) is 27.7 Å². The maximum Gasteiger partial charge on any atom is 0.157 e. The smallest absolute Gasteiger partial charge is 0.157 e. The Labute approximate surface area is 84.6 Å². The largest absolute Gasteiger partial charge is 0.378 e. The van der Waals surface area contributed by atoms with E-state index in [0.717, 1.165) is 0 Å². The number of hydrogen-bond acceptors (Lipinski definition) is 2. The fraction of sp³-hybridized carbons (Fsp3) is 0.900. The van der Waals surface area contributed by atoms with Crippen molar-refractivity contribution in [2.75, 3.05) is 6.61 Å². The molecule has 0 aromatic rings. The number of rotatable bonds is 3. The van der Waals surface area contributed by atoms with E-state index < -0.39 is 0 Å². The first-order valence-corrected chi connectivity index (χ1v) is 5.10. The molecule has 1 fully saturated rings. The lowest BCUT2D eigenvalue weighted by Gasteiger charge is -2.47. The third-order valence-corrected chi connectivity index (χ3v) is 3.52. The maximum atomic E-state index is 11.4. The van der Waals surface area contributed by atoms with Crippen LogP contribution in [0.5, 0.6) is 0 Å². The van der Waals surface area contributed by atoms with Gasteiger partial charge in [-0.1, -0.05) is 13.8 Å². The monoisotopic (exact) mass is 204 g/mol. The highest BCUT2D eigenvalue weighted by atomic mass is 35.5. The Kier molecular flexibility index (Phi) is 3.03. The number of alkyl halides is 1. The minimum atomic E-state index is -0.326. The lowest BCUT2D eigenvalue weighted by molar-refractivity contribution is -0.145. The molecule has 2 nitrogen and oxygen atoms in total. The topological polar surface area (TPSA) is 26.3 Å². The minimum Gasteiger partial charge on any atom is -0.378 e. The molecule has 0 aliphatic heterocycles. The highest BCUT2D eigenvalue weighted by molar-refractivity contribution is 6.34. The van der Waals surface area contributed by atoms with Crippen LogP contribution in [0.4, 0.5) is 0 Å². The second kappa shape index (κ2) is 3.58. The van der Waals surface area contributed by atoms with E-state index >= 15 is 0 Å². The molecule has 0 spiro atoms. The standard InChI is InChI=1S/C10H17ClO2/c1-6(2)13-5-7-8(12)9(11)10(7,3)4/h6-7,9H,5H2,1-4H3. The number of ketones is 1. The summed E-state index contributed by atoms with van der Waals surface area (Å²) in [5.41, 5.74) is -0.104. The van der Waals surface area contributed by atoms with Crippen molar-refractivity contribution in [1.82, 2.24) is 0 Å². The molecule has 3 heteroatoms.